The maximum Gasteiger partial charge on any atom is 0.349 e. The molecule has 0 saturated carbocycles. The topological polar surface area (TPSA) is 91.6 Å². The van der Waals surface area contributed by atoms with Crippen LogP contribution in [-0.4, -0.2) is 18.1 Å². The van der Waals surface area contributed by atoms with Gasteiger partial charge in [0.05, 0.1) is 0 Å². The normalized spacial score (nSPS) is 10.6. The van der Waals surface area contributed by atoms with Crippen molar-refractivity contribution in [2.24, 2.45) is 0 Å². The number of anilines is 2. The predicted octanol–water partition coefficient (Wildman–Crippen LogP) is 3.10. The van der Waals surface area contributed by atoms with Gasteiger partial charge in [0.2, 0.25) is 0 Å². The quantitative estimate of drug-likeness (QED) is 0.644. The largest absolute Gasteiger partial charge is 0.508 e. The number of phenols is 1. The van der Waals surface area contributed by atoms with Gasteiger partial charge in [0.15, 0.2) is 0 Å². The number of fused-ring (bicyclic) bond motifs is 1. The van der Waals surface area contributed by atoms with Crippen LogP contribution in [0.15, 0.2) is 51.7 Å². The molecule has 1 heterocycles. The van der Waals surface area contributed by atoms with Crippen molar-refractivity contribution < 1.29 is 14.3 Å². The molecule has 2 aromatic carbocycles. The Morgan fingerprint density at radius 3 is 2.62 bits per heavy atom. The zero-order valence-electron chi connectivity index (χ0n) is 13.2. The summed E-state index contributed by atoms with van der Waals surface area (Å²) in [6.07, 6.45) is 0. The van der Waals surface area contributed by atoms with E-state index in [0.717, 1.165) is 5.69 Å². The second-order valence-corrected chi connectivity index (χ2v) is 5.35. The number of carbonyl (C=O) groups is 1. The Labute approximate surface area is 137 Å². The highest BCUT2D eigenvalue weighted by molar-refractivity contribution is 6.07. The third-order valence-electron chi connectivity index (χ3n) is 3.79. The fraction of sp³-hybridized carbons (Fsp3) is 0.111. The van der Waals surface area contributed by atoms with Crippen LogP contribution in [0.1, 0.15) is 15.9 Å². The van der Waals surface area contributed by atoms with E-state index < -0.39 is 11.5 Å². The maximum absolute atomic E-state index is 12.5. The molecule has 0 saturated heterocycles. The lowest BCUT2D eigenvalue weighted by Gasteiger charge is -2.10. The Morgan fingerprint density at radius 2 is 1.88 bits per heavy atom. The van der Waals surface area contributed by atoms with Crippen LogP contribution in [0.3, 0.4) is 0 Å². The molecule has 24 heavy (non-hydrogen) atoms. The zero-order chi connectivity index (χ0) is 17.3. The molecular weight excluding hydrogens is 308 g/mol. The number of benzene rings is 2. The molecule has 3 rings (SSSR count). The Bertz CT molecular complexity index is 992. The summed E-state index contributed by atoms with van der Waals surface area (Å²) >= 11 is 0. The Kier molecular flexibility index (Phi) is 3.95. The van der Waals surface area contributed by atoms with E-state index in [0.29, 0.717) is 16.6 Å². The lowest BCUT2D eigenvalue weighted by molar-refractivity contribution is 0.102. The Balaban J connectivity index is 2.03. The van der Waals surface area contributed by atoms with Crippen LogP contribution in [0.25, 0.3) is 11.0 Å². The second-order valence-electron chi connectivity index (χ2n) is 5.35. The average Bonchev–Trinajstić information content (AvgIpc) is 2.54. The predicted molar refractivity (Wildman–Crippen MR) is 92.8 cm³/mol. The van der Waals surface area contributed by atoms with Gasteiger partial charge in [-0.05, 0) is 42.8 Å². The molecule has 0 spiro atoms. The van der Waals surface area contributed by atoms with Crippen LogP contribution in [-0.2, 0) is 0 Å². The smallest absolute Gasteiger partial charge is 0.349 e. The van der Waals surface area contributed by atoms with Crippen LogP contribution in [0.5, 0.6) is 5.75 Å². The summed E-state index contributed by atoms with van der Waals surface area (Å²) in [5.41, 5.74) is 1.35. The first-order chi connectivity index (χ1) is 11.5. The monoisotopic (exact) mass is 324 g/mol. The first-order valence-electron chi connectivity index (χ1n) is 7.35. The number of aryl methyl sites for hydroxylation is 1. The van der Waals surface area contributed by atoms with E-state index in [1.807, 2.05) is 6.07 Å². The Hall–Kier alpha value is -3.28. The summed E-state index contributed by atoms with van der Waals surface area (Å²) in [5.74, 6) is -0.546. The van der Waals surface area contributed by atoms with Gasteiger partial charge in [-0.25, -0.2) is 4.79 Å². The van der Waals surface area contributed by atoms with Crippen molar-refractivity contribution in [3.8, 4) is 5.75 Å². The van der Waals surface area contributed by atoms with Gasteiger partial charge >= 0.3 is 5.63 Å². The summed E-state index contributed by atoms with van der Waals surface area (Å²) in [6, 6.07) is 11.6. The maximum atomic E-state index is 12.5. The fourth-order valence-corrected chi connectivity index (χ4v) is 2.55. The van der Waals surface area contributed by atoms with Crippen LogP contribution in [0.2, 0.25) is 0 Å². The standard InChI is InChI=1S/C18H16N2O4/c1-10-14-7-6-13(21)9-15(14)24-18(23)16(10)17(22)20-12-5-3-4-11(8-12)19-2/h3-9,19,21H,1-2H3,(H,20,22). The highest BCUT2D eigenvalue weighted by Crippen LogP contribution is 2.24. The number of rotatable bonds is 3. The van der Waals surface area contributed by atoms with Gasteiger partial charge in [0.25, 0.3) is 5.91 Å². The minimum absolute atomic E-state index is 0.00821. The first kappa shape index (κ1) is 15.6. The van der Waals surface area contributed by atoms with Crippen LogP contribution in [0, 0.1) is 6.92 Å². The van der Waals surface area contributed by atoms with Gasteiger partial charge in [-0.3, -0.25) is 4.79 Å². The molecule has 0 aliphatic rings. The third-order valence-corrected chi connectivity index (χ3v) is 3.79. The number of aromatic hydroxyl groups is 1. The van der Waals surface area contributed by atoms with Gasteiger partial charge < -0.3 is 20.2 Å². The molecule has 0 fully saturated rings. The van der Waals surface area contributed by atoms with Gasteiger partial charge in [0.1, 0.15) is 16.9 Å². The molecule has 0 aliphatic heterocycles. The molecule has 3 N–H and O–H groups in total. The number of hydrogen-bond donors (Lipinski definition) is 3. The minimum atomic E-state index is -0.743. The SMILES string of the molecule is CNc1cccc(NC(=O)c2c(C)c3ccc(O)cc3oc2=O)c1. The van der Waals surface area contributed by atoms with Crippen LogP contribution < -0.4 is 16.3 Å². The molecule has 3 aromatic rings. The molecule has 122 valence electrons. The molecular formula is C18H16N2O4. The molecule has 6 nitrogen and oxygen atoms in total. The summed E-state index contributed by atoms with van der Waals surface area (Å²) in [6.45, 7) is 1.68. The average molecular weight is 324 g/mol. The molecule has 1 aromatic heterocycles. The van der Waals surface area contributed by atoms with E-state index >= 15 is 0 Å². The lowest BCUT2D eigenvalue weighted by Crippen LogP contribution is -2.22. The van der Waals surface area contributed by atoms with Crippen molar-refractivity contribution in [3.05, 3.63) is 64.0 Å². The van der Waals surface area contributed by atoms with E-state index in [9.17, 15) is 14.7 Å². The molecule has 0 bridgehead atoms. The first-order valence-corrected chi connectivity index (χ1v) is 7.35. The molecule has 1 amide bonds. The molecule has 0 atom stereocenters. The number of nitrogens with one attached hydrogen (secondary N) is 2. The number of amides is 1. The molecule has 0 radical (unpaired) electrons. The number of hydrogen-bond acceptors (Lipinski definition) is 5. The fourth-order valence-electron chi connectivity index (χ4n) is 2.55. The van der Waals surface area contributed by atoms with E-state index in [1.165, 1.54) is 12.1 Å². The van der Waals surface area contributed by atoms with Gasteiger partial charge in [-0.15, -0.1) is 0 Å². The van der Waals surface area contributed by atoms with E-state index in [4.69, 9.17) is 4.42 Å². The van der Waals surface area contributed by atoms with E-state index in [-0.39, 0.29) is 16.9 Å². The molecule has 6 heteroatoms. The van der Waals surface area contributed by atoms with Gasteiger partial charge in [-0.2, -0.15) is 0 Å². The molecule has 0 unspecified atom stereocenters. The van der Waals surface area contributed by atoms with Crippen molar-refractivity contribution in [3.63, 3.8) is 0 Å². The highest BCUT2D eigenvalue weighted by atomic mass is 16.4. The van der Waals surface area contributed by atoms with Crippen molar-refractivity contribution in [1.82, 2.24) is 0 Å². The van der Waals surface area contributed by atoms with Gasteiger partial charge in [0, 0.05) is 29.9 Å². The van der Waals surface area contributed by atoms with E-state index in [2.05, 4.69) is 10.6 Å². The van der Waals surface area contributed by atoms with Crippen molar-refractivity contribution >= 4 is 28.3 Å². The lowest BCUT2D eigenvalue weighted by atomic mass is 10.1. The van der Waals surface area contributed by atoms with Crippen molar-refractivity contribution in [2.75, 3.05) is 17.7 Å². The summed E-state index contributed by atoms with van der Waals surface area (Å²) in [5, 5.41) is 15.8. The summed E-state index contributed by atoms with van der Waals surface area (Å²) in [7, 11) is 1.78. The van der Waals surface area contributed by atoms with Crippen molar-refractivity contribution in [2.45, 2.75) is 6.92 Å². The summed E-state index contributed by atoms with van der Waals surface area (Å²) in [4.78, 5) is 24.7. The Morgan fingerprint density at radius 1 is 1.12 bits per heavy atom. The second kappa shape index (κ2) is 6.08. The minimum Gasteiger partial charge on any atom is -0.508 e. The number of carbonyl (C=O) groups excluding carboxylic acids is 1. The van der Waals surface area contributed by atoms with Gasteiger partial charge in [-0.1, -0.05) is 6.07 Å². The van der Waals surface area contributed by atoms with Crippen LogP contribution >= 0.6 is 0 Å². The number of phenolic OH excluding ortho intramolecular Hbond substituents is 1. The summed E-state index contributed by atoms with van der Waals surface area (Å²) < 4.78 is 5.17. The van der Waals surface area contributed by atoms with Crippen LogP contribution in [0.4, 0.5) is 11.4 Å². The highest BCUT2D eigenvalue weighted by Gasteiger charge is 2.19. The zero-order valence-corrected chi connectivity index (χ0v) is 13.2. The van der Waals surface area contributed by atoms with E-state index in [1.54, 1.807) is 38.2 Å². The van der Waals surface area contributed by atoms with Crippen molar-refractivity contribution in [1.29, 1.82) is 0 Å². The third kappa shape index (κ3) is 2.81. The molecule has 0 aliphatic carbocycles.